The monoisotopic (exact) mass is 130 g/mol. The molecule has 0 saturated heterocycles. The van der Waals surface area contributed by atoms with Crippen molar-refractivity contribution in [1.29, 1.82) is 5.41 Å². The molecule has 0 fully saturated rings. The van der Waals surface area contributed by atoms with Gasteiger partial charge in [0.1, 0.15) is 0 Å². The smallest absolute Gasteiger partial charge is 0.0818 e. The van der Waals surface area contributed by atoms with Gasteiger partial charge in [-0.25, -0.2) is 0 Å². The molecule has 0 aliphatic heterocycles. The average molecular weight is 130 g/mol. The van der Waals surface area contributed by atoms with Crippen molar-refractivity contribution in [2.75, 3.05) is 26.2 Å². The zero-order valence-electron chi connectivity index (χ0n) is 5.51. The molecule has 0 aromatic carbocycles. The van der Waals surface area contributed by atoms with Crippen molar-refractivity contribution in [3.05, 3.63) is 0 Å². The Morgan fingerprint density at radius 3 is 1.89 bits per heavy atom. The topological polar surface area (TPSA) is 79.1 Å². The quantitative estimate of drug-likeness (QED) is 0.323. The van der Waals surface area contributed by atoms with Gasteiger partial charge in [0.25, 0.3) is 0 Å². The standard InChI is InChI=1S/C5H14N4/c6-1-3-9(5-8)4-2-7/h5,8H,1-4,6-7H2. The molecule has 0 unspecified atom stereocenters. The predicted molar refractivity (Wildman–Crippen MR) is 38.5 cm³/mol. The van der Waals surface area contributed by atoms with Crippen molar-refractivity contribution in [1.82, 2.24) is 4.90 Å². The second kappa shape index (κ2) is 5.53. The Bertz CT molecular complexity index is 67.4. The van der Waals surface area contributed by atoms with Gasteiger partial charge in [-0.3, -0.25) is 5.41 Å². The highest BCUT2D eigenvalue weighted by Gasteiger charge is 1.92. The van der Waals surface area contributed by atoms with Crippen LogP contribution in [0.1, 0.15) is 0 Å². The highest BCUT2D eigenvalue weighted by molar-refractivity contribution is 5.50. The fourth-order valence-corrected chi connectivity index (χ4v) is 0.573. The zero-order chi connectivity index (χ0) is 7.11. The van der Waals surface area contributed by atoms with Crippen LogP contribution in [0.15, 0.2) is 0 Å². The van der Waals surface area contributed by atoms with E-state index in [0.29, 0.717) is 13.1 Å². The van der Waals surface area contributed by atoms with Gasteiger partial charge in [-0.2, -0.15) is 0 Å². The van der Waals surface area contributed by atoms with Gasteiger partial charge in [-0.05, 0) is 0 Å². The molecule has 0 saturated carbocycles. The van der Waals surface area contributed by atoms with E-state index in [1.54, 1.807) is 4.90 Å². The summed E-state index contributed by atoms with van der Waals surface area (Å²) < 4.78 is 0. The third kappa shape index (κ3) is 3.93. The van der Waals surface area contributed by atoms with Crippen LogP contribution in [0.25, 0.3) is 0 Å². The van der Waals surface area contributed by atoms with E-state index in [1.165, 1.54) is 6.34 Å². The van der Waals surface area contributed by atoms with Crippen LogP contribution in [0.3, 0.4) is 0 Å². The van der Waals surface area contributed by atoms with Crippen LogP contribution >= 0.6 is 0 Å². The van der Waals surface area contributed by atoms with Gasteiger partial charge in [-0.15, -0.1) is 0 Å². The molecule has 4 heteroatoms. The molecule has 0 aliphatic rings. The summed E-state index contributed by atoms with van der Waals surface area (Å²) in [6.07, 6.45) is 1.26. The van der Waals surface area contributed by atoms with E-state index in [1.807, 2.05) is 0 Å². The summed E-state index contributed by atoms with van der Waals surface area (Å²) in [5.41, 5.74) is 10.5. The minimum absolute atomic E-state index is 0.579. The Hall–Kier alpha value is -0.610. The highest BCUT2D eigenvalue weighted by atomic mass is 15.1. The summed E-state index contributed by atoms with van der Waals surface area (Å²) in [4.78, 5) is 1.78. The van der Waals surface area contributed by atoms with E-state index in [9.17, 15) is 0 Å². The maximum absolute atomic E-state index is 6.86. The SMILES string of the molecule is N=CN(CCN)CCN. The molecule has 0 aromatic heterocycles. The average Bonchev–Trinajstić information content (AvgIpc) is 1.88. The first-order valence-electron chi connectivity index (χ1n) is 3.00. The Labute approximate surface area is 55.3 Å². The second-order valence-corrected chi connectivity index (χ2v) is 1.74. The summed E-state index contributed by atoms with van der Waals surface area (Å²) in [7, 11) is 0. The number of nitrogens with two attached hydrogens (primary N) is 2. The van der Waals surface area contributed by atoms with Crippen LogP contribution in [0.4, 0.5) is 0 Å². The van der Waals surface area contributed by atoms with Crippen LogP contribution in [0, 0.1) is 5.41 Å². The van der Waals surface area contributed by atoms with E-state index < -0.39 is 0 Å². The first-order valence-corrected chi connectivity index (χ1v) is 3.00. The van der Waals surface area contributed by atoms with Crippen LogP contribution in [0.5, 0.6) is 0 Å². The van der Waals surface area contributed by atoms with Crippen LogP contribution < -0.4 is 11.5 Å². The molecule has 9 heavy (non-hydrogen) atoms. The van der Waals surface area contributed by atoms with Gasteiger partial charge in [0.2, 0.25) is 0 Å². The molecule has 0 bridgehead atoms. The van der Waals surface area contributed by atoms with Crippen molar-refractivity contribution >= 4 is 6.34 Å². The van der Waals surface area contributed by atoms with Crippen LogP contribution in [0.2, 0.25) is 0 Å². The molecule has 4 nitrogen and oxygen atoms in total. The first kappa shape index (κ1) is 8.39. The summed E-state index contributed by atoms with van der Waals surface area (Å²) >= 11 is 0. The highest BCUT2D eigenvalue weighted by Crippen LogP contribution is 1.76. The predicted octanol–water partition coefficient (Wildman–Crippen LogP) is -1.19. The van der Waals surface area contributed by atoms with Crippen molar-refractivity contribution in [2.24, 2.45) is 11.5 Å². The second-order valence-electron chi connectivity index (χ2n) is 1.74. The van der Waals surface area contributed by atoms with Gasteiger partial charge in [0, 0.05) is 26.2 Å². The third-order valence-electron chi connectivity index (χ3n) is 1.02. The normalized spacial score (nSPS) is 9.11. The first-order chi connectivity index (χ1) is 4.35. The van der Waals surface area contributed by atoms with Crippen LogP contribution in [-0.4, -0.2) is 37.4 Å². The number of rotatable bonds is 5. The van der Waals surface area contributed by atoms with Crippen LogP contribution in [-0.2, 0) is 0 Å². The fourth-order valence-electron chi connectivity index (χ4n) is 0.573. The third-order valence-corrected chi connectivity index (χ3v) is 1.02. The molecule has 0 aliphatic carbocycles. The largest absolute Gasteiger partial charge is 0.361 e. The van der Waals surface area contributed by atoms with Crippen molar-refractivity contribution in [3.8, 4) is 0 Å². The van der Waals surface area contributed by atoms with Gasteiger partial charge in [0.05, 0.1) is 6.34 Å². The summed E-state index contributed by atoms with van der Waals surface area (Å²) in [6.45, 7) is 2.60. The van der Waals surface area contributed by atoms with E-state index in [2.05, 4.69) is 0 Å². The maximum atomic E-state index is 6.86. The molecule has 0 heterocycles. The van der Waals surface area contributed by atoms with Gasteiger partial charge < -0.3 is 16.4 Å². The number of hydrogen-bond acceptors (Lipinski definition) is 3. The van der Waals surface area contributed by atoms with E-state index in [4.69, 9.17) is 16.9 Å². The Kier molecular flexibility index (Phi) is 5.15. The number of nitrogens with zero attached hydrogens (tertiary/aromatic N) is 1. The van der Waals surface area contributed by atoms with E-state index in [-0.39, 0.29) is 0 Å². The molecule has 0 amide bonds. The van der Waals surface area contributed by atoms with Crippen molar-refractivity contribution < 1.29 is 0 Å². The number of nitrogens with one attached hydrogen (secondary N) is 1. The molecular formula is C5H14N4. The maximum Gasteiger partial charge on any atom is 0.0818 e. The number of hydrogen-bond donors (Lipinski definition) is 3. The van der Waals surface area contributed by atoms with Gasteiger partial charge in [0.15, 0.2) is 0 Å². The minimum atomic E-state index is 0.579. The Balaban J connectivity index is 3.29. The van der Waals surface area contributed by atoms with E-state index >= 15 is 0 Å². The summed E-state index contributed by atoms with van der Waals surface area (Å²) in [5, 5.41) is 6.86. The molecule has 0 aromatic rings. The molecule has 0 atom stereocenters. The zero-order valence-corrected chi connectivity index (χ0v) is 5.51. The summed E-state index contributed by atoms with van der Waals surface area (Å²) in [6, 6.07) is 0. The van der Waals surface area contributed by atoms with Gasteiger partial charge >= 0.3 is 0 Å². The summed E-state index contributed by atoms with van der Waals surface area (Å²) in [5.74, 6) is 0. The molecule has 0 radical (unpaired) electrons. The fraction of sp³-hybridized carbons (Fsp3) is 0.800. The molecule has 0 spiro atoms. The van der Waals surface area contributed by atoms with Crippen molar-refractivity contribution in [3.63, 3.8) is 0 Å². The van der Waals surface area contributed by atoms with Gasteiger partial charge in [-0.1, -0.05) is 0 Å². The Morgan fingerprint density at radius 1 is 1.22 bits per heavy atom. The van der Waals surface area contributed by atoms with E-state index in [0.717, 1.165) is 13.1 Å². The lowest BCUT2D eigenvalue weighted by Crippen LogP contribution is -2.32. The lowest BCUT2D eigenvalue weighted by atomic mass is 10.5. The molecular weight excluding hydrogens is 116 g/mol. The van der Waals surface area contributed by atoms with Crippen molar-refractivity contribution in [2.45, 2.75) is 0 Å². The molecule has 54 valence electrons. The molecule has 5 N–H and O–H groups in total. The minimum Gasteiger partial charge on any atom is -0.361 e. The Morgan fingerprint density at radius 2 is 1.67 bits per heavy atom. The lowest BCUT2D eigenvalue weighted by Gasteiger charge is -2.15. The molecule has 0 rings (SSSR count). The lowest BCUT2D eigenvalue weighted by molar-refractivity contribution is 0.448.